The minimum absolute atomic E-state index is 0.583. The second kappa shape index (κ2) is 9.09. The second-order valence-corrected chi connectivity index (χ2v) is 7.18. The SMILES string of the molecule is CCCCNCC1CC2CB(OCCCC)CC(C1)C2. The fourth-order valence-corrected chi connectivity index (χ4v) is 4.23. The lowest BCUT2D eigenvalue weighted by molar-refractivity contribution is 0.182. The number of unbranched alkanes of at least 4 members (excludes halogenated alkanes) is 2. The standard InChI is InChI=1S/C17H34BNO/c1-3-5-7-19-14-17-10-15-9-16(11-17)13-18(12-15)20-8-6-4-2/h15-17,19H,3-14H2,1-2H3. The summed E-state index contributed by atoms with van der Waals surface area (Å²) in [5.41, 5.74) is 0. The first-order valence-corrected chi connectivity index (χ1v) is 9.14. The molecule has 3 heteroatoms. The van der Waals surface area contributed by atoms with Crippen molar-refractivity contribution in [3.63, 3.8) is 0 Å². The largest absolute Gasteiger partial charge is 0.436 e. The van der Waals surface area contributed by atoms with Gasteiger partial charge in [-0.3, -0.25) is 0 Å². The minimum Gasteiger partial charge on any atom is -0.436 e. The predicted molar refractivity (Wildman–Crippen MR) is 88.3 cm³/mol. The minimum atomic E-state index is 0.583. The third-order valence-electron chi connectivity index (χ3n) is 5.18. The molecule has 2 bridgehead atoms. The van der Waals surface area contributed by atoms with Crippen molar-refractivity contribution >= 4 is 6.92 Å². The maximum atomic E-state index is 6.09. The van der Waals surface area contributed by atoms with Gasteiger partial charge in [0.25, 0.3) is 6.92 Å². The molecule has 116 valence electrons. The Morgan fingerprint density at radius 3 is 2.35 bits per heavy atom. The topological polar surface area (TPSA) is 21.3 Å². The van der Waals surface area contributed by atoms with Crippen molar-refractivity contribution in [1.82, 2.24) is 5.32 Å². The highest BCUT2D eigenvalue weighted by Crippen LogP contribution is 2.43. The molecule has 1 N–H and O–H groups in total. The lowest BCUT2D eigenvalue weighted by atomic mass is 9.46. The highest BCUT2D eigenvalue weighted by Gasteiger charge is 2.38. The van der Waals surface area contributed by atoms with Crippen molar-refractivity contribution in [2.45, 2.75) is 71.4 Å². The molecule has 0 amide bonds. The average Bonchev–Trinajstić information content (AvgIpc) is 2.43. The Labute approximate surface area is 126 Å². The zero-order valence-corrected chi connectivity index (χ0v) is 13.7. The molecule has 2 fully saturated rings. The molecule has 0 radical (unpaired) electrons. The van der Waals surface area contributed by atoms with Gasteiger partial charge in [0.1, 0.15) is 0 Å². The third-order valence-corrected chi connectivity index (χ3v) is 5.18. The zero-order chi connectivity index (χ0) is 14.2. The molecule has 2 atom stereocenters. The van der Waals surface area contributed by atoms with Gasteiger partial charge in [-0.25, -0.2) is 0 Å². The van der Waals surface area contributed by atoms with Gasteiger partial charge in [-0.2, -0.15) is 0 Å². The summed E-state index contributed by atoms with van der Waals surface area (Å²) in [7, 11) is 0. The van der Waals surface area contributed by atoms with Crippen LogP contribution >= 0.6 is 0 Å². The Bertz CT molecular complexity index is 247. The van der Waals surface area contributed by atoms with Crippen LogP contribution in [0.3, 0.4) is 0 Å². The van der Waals surface area contributed by atoms with Crippen LogP contribution in [-0.4, -0.2) is 26.6 Å². The lowest BCUT2D eigenvalue weighted by Gasteiger charge is -2.41. The quantitative estimate of drug-likeness (QED) is 0.503. The Morgan fingerprint density at radius 2 is 1.70 bits per heavy atom. The summed E-state index contributed by atoms with van der Waals surface area (Å²) in [6.45, 7) is 8.56. The first-order chi connectivity index (χ1) is 9.81. The van der Waals surface area contributed by atoms with Crippen LogP contribution in [0.5, 0.6) is 0 Å². The fourth-order valence-electron chi connectivity index (χ4n) is 4.23. The van der Waals surface area contributed by atoms with E-state index in [0.717, 1.165) is 24.4 Å². The monoisotopic (exact) mass is 279 g/mol. The molecule has 1 aliphatic carbocycles. The van der Waals surface area contributed by atoms with E-state index >= 15 is 0 Å². The zero-order valence-electron chi connectivity index (χ0n) is 13.7. The Balaban J connectivity index is 1.66. The van der Waals surface area contributed by atoms with Crippen LogP contribution in [-0.2, 0) is 4.65 Å². The van der Waals surface area contributed by atoms with Gasteiger partial charge in [-0.1, -0.05) is 26.7 Å². The molecule has 1 heterocycles. The summed E-state index contributed by atoms with van der Waals surface area (Å²) in [6.07, 6.45) is 12.2. The van der Waals surface area contributed by atoms with E-state index in [2.05, 4.69) is 19.2 Å². The van der Waals surface area contributed by atoms with Crippen LogP contribution < -0.4 is 5.32 Å². The highest BCUT2D eigenvalue weighted by atomic mass is 16.4. The van der Waals surface area contributed by atoms with Gasteiger partial charge in [0, 0.05) is 6.61 Å². The maximum Gasteiger partial charge on any atom is 0.293 e. The van der Waals surface area contributed by atoms with Crippen molar-refractivity contribution < 1.29 is 4.65 Å². The number of hydrogen-bond donors (Lipinski definition) is 1. The lowest BCUT2D eigenvalue weighted by Crippen LogP contribution is -2.39. The van der Waals surface area contributed by atoms with E-state index in [1.54, 1.807) is 0 Å². The summed E-state index contributed by atoms with van der Waals surface area (Å²) in [6, 6.07) is 0. The van der Waals surface area contributed by atoms with E-state index in [-0.39, 0.29) is 0 Å². The van der Waals surface area contributed by atoms with Gasteiger partial charge < -0.3 is 9.97 Å². The molecule has 0 aromatic rings. The summed E-state index contributed by atoms with van der Waals surface area (Å²) in [5, 5.41) is 3.67. The third kappa shape index (κ3) is 5.40. The highest BCUT2D eigenvalue weighted by molar-refractivity contribution is 6.52. The van der Waals surface area contributed by atoms with E-state index in [1.165, 1.54) is 70.7 Å². The maximum absolute atomic E-state index is 6.09. The van der Waals surface area contributed by atoms with Gasteiger partial charge in [0.2, 0.25) is 0 Å². The first-order valence-electron chi connectivity index (χ1n) is 9.14. The Hall–Kier alpha value is -0.0151. The summed E-state index contributed by atoms with van der Waals surface area (Å²) in [4.78, 5) is 0. The van der Waals surface area contributed by atoms with Gasteiger partial charge in [0.05, 0.1) is 0 Å². The van der Waals surface area contributed by atoms with E-state index in [4.69, 9.17) is 4.65 Å². The van der Waals surface area contributed by atoms with Gasteiger partial charge in [0.15, 0.2) is 0 Å². The normalized spacial score (nSPS) is 29.7. The summed E-state index contributed by atoms with van der Waals surface area (Å²) in [5.74, 6) is 2.84. The molecule has 2 rings (SSSR count). The molecule has 0 aromatic heterocycles. The molecule has 1 aliphatic heterocycles. The van der Waals surface area contributed by atoms with E-state index < -0.39 is 0 Å². The van der Waals surface area contributed by atoms with Crippen LogP contribution in [0, 0.1) is 17.8 Å². The van der Waals surface area contributed by atoms with Crippen molar-refractivity contribution in [3.8, 4) is 0 Å². The van der Waals surface area contributed by atoms with Crippen LogP contribution in [0.1, 0.15) is 58.8 Å². The molecule has 2 unspecified atom stereocenters. The van der Waals surface area contributed by atoms with Crippen LogP contribution in [0.25, 0.3) is 0 Å². The summed E-state index contributed by atoms with van der Waals surface area (Å²) >= 11 is 0. The van der Waals surface area contributed by atoms with E-state index in [9.17, 15) is 0 Å². The average molecular weight is 279 g/mol. The number of rotatable bonds is 9. The predicted octanol–water partition coefficient (Wildman–Crippen LogP) is 4.23. The molecular weight excluding hydrogens is 245 g/mol. The van der Waals surface area contributed by atoms with Gasteiger partial charge >= 0.3 is 0 Å². The van der Waals surface area contributed by atoms with Crippen molar-refractivity contribution in [1.29, 1.82) is 0 Å². The Kier molecular flexibility index (Phi) is 7.44. The summed E-state index contributed by atoms with van der Waals surface area (Å²) < 4.78 is 6.09. The fraction of sp³-hybridized carbons (Fsp3) is 1.00. The van der Waals surface area contributed by atoms with Crippen molar-refractivity contribution in [2.24, 2.45) is 17.8 Å². The van der Waals surface area contributed by atoms with Crippen LogP contribution in [0.15, 0.2) is 0 Å². The van der Waals surface area contributed by atoms with Crippen LogP contribution in [0.2, 0.25) is 12.6 Å². The second-order valence-electron chi connectivity index (χ2n) is 7.18. The number of fused-ring (bicyclic) bond motifs is 2. The molecular formula is C17H34BNO. The smallest absolute Gasteiger partial charge is 0.293 e. The molecule has 0 spiro atoms. The van der Waals surface area contributed by atoms with Gasteiger partial charge in [-0.15, -0.1) is 0 Å². The molecule has 2 nitrogen and oxygen atoms in total. The molecule has 0 aromatic carbocycles. The molecule has 1 saturated carbocycles. The number of nitrogens with one attached hydrogen (secondary N) is 1. The molecule has 1 saturated heterocycles. The van der Waals surface area contributed by atoms with Crippen molar-refractivity contribution in [2.75, 3.05) is 19.7 Å². The van der Waals surface area contributed by atoms with Crippen LogP contribution in [0.4, 0.5) is 0 Å². The van der Waals surface area contributed by atoms with Gasteiger partial charge in [-0.05, 0) is 75.6 Å². The molecule has 20 heavy (non-hydrogen) atoms. The van der Waals surface area contributed by atoms with Crippen molar-refractivity contribution in [3.05, 3.63) is 0 Å². The van der Waals surface area contributed by atoms with E-state index in [1.807, 2.05) is 0 Å². The molecule has 2 aliphatic rings. The first kappa shape index (κ1) is 16.4. The number of hydrogen-bond acceptors (Lipinski definition) is 2. The van der Waals surface area contributed by atoms with E-state index in [0.29, 0.717) is 6.92 Å². The Morgan fingerprint density at radius 1 is 1.00 bits per heavy atom.